The third-order valence-electron chi connectivity index (χ3n) is 11.6. The van der Waals surface area contributed by atoms with Gasteiger partial charge in [-0.15, -0.1) is 0 Å². The average Bonchev–Trinajstić information content (AvgIpc) is 3.29. The predicted octanol–water partition coefficient (Wildman–Crippen LogP) is 16.3. The maximum absolute atomic E-state index is 13.4. The van der Waals surface area contributed by atoms with Gasteiger partial charge < -0.3 is 19.4 Å². The molecule has 0 aliphatic rings. The number of rotatable bonds is 48. The number of phosphoric acid groups is 1. The van der Waals surface area contributed by atoms with Gasteiger partial charge in [0.2, 0.25) is 5.91 Å². The topological polar surface area (TPSA) is 111 Å². The average molecular weight is 972 g/mol. The van der Waals surface area contributed by atoms with Crippen LogP contribution < -0.4 is 5.32 Å². The van der Waals surface area contributed by atoms with Crippen molar-refractivity contribution >= 4 is 19.7 Å². The van der Waals surface area contributed by atoms with E-state index >= 15 is 0 Å². The van der Waals surface area contributed by atoms with Crippen LogP contribution >= 0.6 is 7.82 Å². The molecule has 2 N–H and O–H groups in total. The van der Waals surface area contributed by atoms with Crippen molar-refractivity contribution in [2.45, 2.75) is 232 Å². The highest BCUT2D eigenvalue weighted by atomic mass is 31.2. The van der Waals surface area contributed by atoms with Gasteiger partial charge in [0.25, 0.3) is 0 Å². The first-order valence-corrected chi connectivity index (χ1v) is 28.9. The normalized spacial score (nSPS) is 14.5. The van der Waals surface area contributed by atoms with E-state index in [0.717, 1.165) is 83.5 Å². The van der Waals surface area contributed by atoms with Crippen LogP contribution in [0.25, 0.3) is 0 Å². The van der Waals surface area contributed by atoms with E-state index < -0.39 is 20.0 Å². The summed E-state index contributed by atoms with van der Waals surface area (Å²) in [6, 6.07) is -0.881. The van der Waals surface area contributed by atoms with Gasteiger partial charge >= 0.3 is 13.8 Å². The monoisotopic (exact) mass is 972 g/mol. The Morgan fingerprint density at radius 2 is 0.956 bits per heavy atom. The second-order valence-corrected chi connectivity index (χ2v) is 20.8. The fourth-order valence-corrected chi connectivity index (χ4v) is 8.06. The largest absolute Gasteiger partial charge is 0.472 e. The minimum atomic E-state index is -4.46. The van der Waals surface area contributed by atoms with Gasteiger partial charge in [-0.3, -0.25) is 18.6 Å². The van der Waals surface area contributed by atoms with Gasteiger partial charge in [0.1, 0.15) is 19.3 Å². The molecule has 3 unspecified atom stereocenters. The molecule has 68 heavy (non-hydrogen) atoms. The van der Waals surface area contributed by atoms with E-state index in [1.807, 2.05) is 33.3 Å². The molecule has 0 aliphatic heterocycles. The highest BCUT2D eigenvalue weighted by molar-refractivity contribution is 7.47. The summed E-state index contributed by atoms with van der Waals surface area (Å²) in [5, 5.41) is 3.01. The Bertz CT molecular complexity index is 1440. The summed E-state index contributed by atoms with van der Waals surface area (Å²) >= 11 is 0. The van der Waals surface area contributed by atoms with Crippen LogP contribution in [-0.4, -0.2) is 74.3 Å². The van der Waals surface area contributed by atoms with Crippen molar-refractivity contribution < 1.29 is 37.3 Å². The lowest BCUT2D eigenvalue weighted by molar-refractivity contribution is -0.870. The zero-order chi connectivity index (χ0) is 50.1. The molecule has 0 heterocycles. The number of phosphoric ester groups is 1. The molecule has 9 nitrogen and oxygen atoms in total. The van der Waals surface area contributed by atoms with E-state index in [-0.39, 0.29) is 31.5 Å². The number of esters is 1. The van der Waals surface area contributed by atoms with Crippen LogP contribution in [-0.2, 0) is 27.9 Å². The van der Waals surface area contributed by atoms with Crippen molar-refractivity contribution in [3.8, 4) is 0 Å². The smallest absolute Gasteiger partial charge is 0.456 e. The molecular formula is C58H104N2O7P+. The van der Waals surface area contributed by atoms with E-state index in [1.165, 1.54) is 89.9 Å². The Labute approximate surface area is 418 Å². The second kappa shape index (κ2) is 47.8. The highest BCUT2D eigenvalue weighted by Crippen LogP contribution is 2.43. The van der Waals surface area contributed by atoms with Crippen LogP contribution in [0, 0.1) is 0 Å². The number of ether oxygens (including phenoxy) is 1. The Kier molecular flexibility index (Phi) is 45.9. The van der Waals surface area contributed by atoms with Crippen LogP contribution in [0.2, 0.25) is 0 Å². The molecule has 1 amide bonds. The van der Waals surface area contributed by atoms with Crippen LogP contribution in [0.3, 0.4) is 0 Å². The molecule has 10 heteroatoms. The third kappa shape index (κ3) is 48.2. The van der Waals surface area contributed by atoms with E-state index in [1.54, 1.807) is 0 Å². The standard InChI is InChI=1S/C58H103N2O7P/c1-7-10-13-16-19-22-25-27-29-30-31-33-36-39-42-45-48-51-58(62)67-56(49-46-43-40-37-34-24-21-18-15-12-9-3)55(54-66-68(63,64)65-53-52-60(4,5)6)59-57(61)50-47-44-41-38-35-32-28-26-23-20-17-14-11-8-2/h10,13,19,22,27,29,31-33,35,39,42,46,49,55-56H,7-9,11-12,14-18,20-21,23-26,28,30,34,36-38,40-41,43-45,47-48,50-54H2,1-6H3,(H-,59,61,63,64)/p+1/b13-10-,22-19-,29-27-,33-31-,35-32-,42-39-,49-46+. The summed E-state index contributed by atoms with van der Waals surface area (Å²) in [6.45, 7) is 6.82. The van der Waals surface area contributed by atoms with Crippen molar-refractivity contribution in [3.05, 3.63) is 85.1 Å². The lowest BCUT2D eigenvalue weighted by atomic mass is 10.1. The third-order valence-corrected chi connectivity index (χ3v) is 12.6. The molecule has 0 aromatic carbocycles. The van der Waals surface area contributed by atoms with E-state index in [9.17, 15) is 19.0 Å². The van der Waals surface area contributed by atoms with Gasteiger partial charge in [-0.1, -0.05) is 196 Å². The van der Waals surface area contributed by atoms with Crippen LogP contribution in [0.4, 0.5) is 0 Å². The molecule has 0 radical (unpaired) electrons. The van der Waals surface area contributed by atoms with Crippen molar-refractivity contribution in [2.24, 2.45) is 0 Å². The molecule has 392 valence electrons. The van der Waals surface area contributed by atoms with E-state index in [2.05, 4.69) is 99.0 Å². The second-order valence-electron chi connectivity index (χ2n) is 19.4. The first-order chi connectivity index (χ1) is 32.9. The van der Waals surface area contributed by atoms with Gasteiger partial charge in [-0.05, 0) is 96.0 Å². The Balaban J connectivity index is 5.49. The number of quaternary nitrogens is 1. The van der Waals surface area contributed by atoms with Crippen LogP contribution in [0.1, 0.15) is 220 Å². The Morgan fingerprint density at radius 3 is 1.46 bits per heavy atom. The number of nitrogens with zero attached hydrogens (tertiary/aromatic N) is 1. The predicted molar refractivity (Wildman–Crippen MR) is 291 cm³/mol. The first-order valence-electron chi connectivity index (χ1n) is 27.4. The molecule has 0 aromatic heterocycles. The summed E-state index contributed by atoms with van der Waals surface area (Å²) in [4.78, 5) is 37.4. The molecule has 0 rings (SSSR count). The zero-order valence-corrected chi connectivity index (χ0v) is 45.5. The van der Waals surface area contributed by atoms with E-state index in [0.29, 0.717) is 30.3 Å². The van der Waals surface area contributed by atoms with Crippen LogP contribution in [0.15, 0.2) is 85.1 Å². The van der Waals surface area contributed by atoms with Crippen molar-refractivity contribution in [2.75, 3.05) is 40.9 Å². The molecule has 0 fully saturated rings. The molecule has 0 aliphatic carbocycles. The first kappa shape index (κ1) is 65.2. The maximum atomic E-state index is 13.4. The number of likely N-dealkylation sites (N-methyl/N-ethyl adjacent to an activating group) is 1. The number of amides is 1. The number of hydrogen-bond donors (Lipinski definition) is 2. The lowest BCUT2D eigenvalue weighted by Gasteiger charge is -2.27. The number of unbranched alkanes of at least 4 members (excludes halogenated alkanes) is 20. The van der Waals surface area contributed by atoms with Gasteiger partial charge in [0.05, 0.1) is 33.8 Å². The van der Waals surface area contributed by atoms with Crippen molar-refractivity contribution in [1.82, 2.24) is 5.32 Å². The SMILES string of the molecule is CC/C=C\C/C=C\C/C=C\C/C=C\C/C=C\CCCC(=O)OC(/C=C/CCCCCCCCCCC)C(COP(=O)(O)OCC[N+](C)(C)C)NC(=O)CCCCC/C=C\CCCCCCCCC. The number of nitrogens with one attached hydrogen (secondary N) is 1. The fraction of sp³-hybridized carbons (Fsp3) is 0.724. The lowest BCUT2D eigenvalue weighted by Crippen LogP contribution is -2.47. The molecular weight excluding hydrogens is 868 g/mol. The van der Waals surface area contributed by atoms with Gasteiger partial charge in [0, 0.05) is 12.8 Å². The van der Waals surface area contributed by atoms with Gasteiger partial charge in [-0.25, -0.2) is 4.57 Å². The summed E-state index contributed by atoms with van der Waals surface area (Å²) in [7, 11) is 1.45. The number of allylic oxidation sites excluding steroid dienone is 13. The summed E-state index contributed by atoms with van der Waals surface area (Å²) in [5.41, 5.74) is 0. The number of hydrogen-bond acceptors (Lipinski definition) is 6. The summed E-state index contributed by atoms with van der Waals surface area (Å²) in [5.74, 6) is -0.598. The highest BCUT2D eigenvalue weighted by Gasteiger charge is 2.30. The minimum absolute atomic E-state index is 0.0254. The molecule has 0 spiro atoms. The molecule has 0 aromatic rings. The molecule has 0 bridgehead atoms. The molecule has 0 saturated carbocycles. The number of carbonyl (C=O) groups is 2. The van der Waals surface area contributed by atoms with Gasteiger partial charge in [0.15, 0.2) is 0 Å². The Hall–Kier alpha value is -2.81. The summed E-state index contributed by atoms with van der Waals surface area (Å²) < 4.78 is 30.5. The quantitative estimate of drug-likeness (QED) is 0.0205. The Morgan fingerprint density at radius 1 is 0.529 bits per heavy atom. The zero-order valence-electron chi connectivity index (χ0n) is 44.6. The number of carbonyl (C=O) groups excluding carboxylic acids is 2. The van der Waals surface area contributed by atoms with Crippen molar-refractivity contribution in [1.29, 1.82) is 0 Å². The van der Waals surface area contributed by atoms with Crippen LogP contribution in [0.5, 0.6) is 0 Å². The maximum Gasteiger partial charge on any atom is 0.472 e. The molecule has 0 saturated heterocycles. The van der Waals surface area contributed by atoms with Crippen molar-refractivity contribution in [3.63, 3.8) is 0 Å². The summed E-state index contributed by atoms with van der Waals surface area (Å²) in [6.07, 6.45) is 61.6. The minimum Gasteiger partial charge on any atom is -0.456 e. The van der Waals surface area contributed by atoms with Gasteiger partial charge in [-0.2, -0.15) is 0 Å². The fourth-order valence-electron chi connectivity index (χ4n) is 7.32. The van der Waals surface area contributed by atoms with E-state index in [4.69, 9.17) is 13.8 Å². The molecule has 3 atom stereocenters.